The Hall–Kier alpha value is -4.18. The van der Waals surface area contributed by atoms with Gasteiger partial charge in [-0.2, -0.15) is 10.2 Å². The summed E-state index contributed by atoms with van der Waals surface area (Å²) in [6.45, 7) is 6.29. The van der Waals surface area contributed by atoms with E-state index >= 15 is 0 Å². The van der Waals surface area contributed by atoms with E-state index in [0.717, 1.165) is 39.2 Å². The third-order valence-electron chi connectivity index (χ3n) is 6.30. The van der Waals surface area contributed by atoms with Crippen molar-refractivity contribution >= 4 is 11.4 Å². The topological polar surface area (TPSA) is 72.4 Å². The highest BCUT2D eigenvalue weighted by Gasteiger charge is 2.23. The molecule has 2 aromatic carbocycles. The largest absolute Gasteiger partial charge is 0.488 e. The number of imidazole rings is 1. The number of rotatable bonds is 4. The van der Waals surface area contributed by atoms with Gasteiger partial charge in [0.2, 0.25) is 11.7 Å². The molecule has 0 radical (unpaired) electrons. The Morgan fingerprint density at radius 2 is 1.97 bits per heavy atom. The van der Waals surface area contributed by atoms with E-state index in [-0.39, 0.29) is 18.3 Å². The van der Waals surface area contributed by atoms with Crippen molar-refractivity contribution in [3.8, 4) is 17.7 Å². The number of hydrogen-bond donors (Lipinski definition) is 0. The van der Waals surface area contributed by atoms with E-state index in [1.165, 1.54) is 12.1 Å². The molecule has 0 bridgehead atoms. The van der Waals surface area contributed by atoms with Crippen LogP contribution in [0.3, 0.4) is 0 Å². The summed E-state index contributed by atoms with van der Waals surface area (Å²) in [6, 6.07) is 14.7. The van der Waals surface area contributed by atoms with Crippen molar-refractivity contribution in [3.63, 3.8) is 0 Å². The van der Waals surface area contributed by atoms with Crippen molar-refractivity contribution in [2.45, 2.75) is 39.7 Å². The summed E-state index contributed by atoms with van der Waals surface area (Å²) >= 11 is 0. The molecule has 0 fully saturated rings. The van der Waals surface area contributed by atoms with Crippen molar-refractivity contribution in [3.05, 3.63) is 93.7 Å². The molecule has 0 amide bonds. The Balaban J connectivity index is 1.60. The normalized spacial score (nSPS) is 14.1. The standard InChI is InChI=1S/C28H25FN4O2/c1-16(2)27-23(33-10-9-25(34-4)31-28(33)32-27)12-18-5-7-21-19(11-18)15-35-24-13-20(29)6-8-22(24)26(21)17(3)14-30/h5-11,13,16H,12,15H2,1-4H3. The summed E-state index contributed by atoms with van der Waals surface area (Å²) < 4.78 is 27.2. The first-order valence-corrected chi connectivity index (χ1v) is 11.5. The highest BCUT2D eigenvalue weighted by molar-refractivity contribution is 5.88. The first-order chi connectivity index (χ1) is 16.9. The van der Waals surface area contributed by atoms with E-state index in [0.29, 0.717) is 29.4 Å². The number of methoxy groups -OCH3 is 1. The number of aromatic nitrogens is 3. The number of nitriles is 1. The maximum Gasteiger partial charge on any atom is 0.237 e. The lowest BCUT2D eigenvalue weighted by Crippen LogP contribution is -2.03. The summed E-state index contributed by atoms with van der Waals surface area (Å²) in [5.74, 6) is 1.42. The molecule has 35 heavy (non-hydrogen) atoms. The smallest absolute Gasteiger partial charge is 0.237 e. The minimum absolute atomic E-state index is 0.221. The molecule has 0 unspecified atom stereocenters. The van der Waals surface area contributed by atoms with Crippen LogP contribution < -0.4 is 9.47 Å². The second-order valence-corrected chi connectivity index (χ2v) is 8.95. The lowest BCUT2D eigenvalue weighted by molar-refractivity contribution is 0.305. The zero-order valence-electron chi connectivity index (χ0n) is 20.1. The second kappa shape index (κ2) is 8.88. The van der Waals surface area contributed by atoms with Gasteiger partial charge >= 0.3 is 0 Å². The summed E-state index contributed by atoms with van der Waals surface area (Å²) in [5.41, 5.74) is 7.06. The van der Waals surface area contributed by atoms with Gasteiger partial charge in [-0.15, -0.1) is 0 Å². The number of benzene rings is 2. The van der Waals surface area contributed by atoms with Crippen LogP contribution in [-0.4, -0.2) is 21.5 Å². The fourth-order valence-electron chi connectivity index (χ4n) is 4.63. The van der Waals surface area contributed by atoms with Crippen LogP contribution in [0.25, 0.3) is 11.4 Å². The third-order valence-corrected chi connectivity index (χ3v) is 6.30. The quantitative estimate of drug-likeness (QED) is 0.353. The van der Waals surface area contributed by atoms with Gasteiger partial charge in [0.05, 0.1) is 24.6 Å². The van der Waals surface area contributed by atoms with E-state index in [2.05, 4.69) is 37.0 Å². The molecule has 3 heterocycles. The van der Waals surface area contributed by atoms with Gasteiger partial charge in [-0.3, -0.25) is 4.40 Å². The molecule has 0 aliphatic carbocycles. The van der Waals surface area contributed by atoms with E-state index in [9.17, 15) is 9.65 Å². The average molecular weight is 469 g/mol. The molecule has 0 saturated carbocycles. The van der Waals surface area contributed by atoms with Crippen LogP contribution in [0.1, 0.15) is 60.3 Å². The van der Waals surface area contributed by atoms with Gasteiger partial charge < -0.3 is 9.47 Å². The van der Waals surface area contributed by atoms with Crippen LogP contribution >= 0.6 is 0 Å². The Kier molecular flexibility index (Phi) is 5.73. The van der Waals surface area contributed by atoms with Crippen LogP contribution in [-0.2, 0) is 13.0 Å². The highest BCUT2D eigenvalue weighted by Crippen LogP contribution is 2.39. The zero-order valence-corrected chi connectivity index (χ0v) is 20.1. The molecule has 7 heteroatoms. The summed E-state index contributed by atoms with van der Waals surface area (Å²) in [5, 5.41) is 9.68. The predicted octanol–water partition coefficient (Wildman–Crippen LogP) is 5.83. The average Bonchev–Trinajstić information content (AvgIpc) is 3.13. The lowest BCUT2D eigenvalue weighted by atomic mass is 9.89. The van der Waals surface area contributed by atoms with Gasteiger partial charge in [-0.05, 0) is 41.7 Å². The van der Waals surface area contributed by atoms with Gasteiger partial charge in [-0.25, -0.2) is 9.37 Å². The van der Waals surface area contributed by atoms with Crippen molar-refractivity contribution in [1.29, 1.82) is 5.26 Å². The molecular weight excluding hydrogens is 443 g/mol. The second-order valence-electron chi connectivity index (χ2n) is 8.95. The number of hydrogen-bond acceptors (Lipinski definition) is 5. The molecule has 0 saturated heterocycles. The first-order valence-electron chi connectivity index (χ1n) is 11.5. The maximum atomic E-state index is 13.9. The fourth-order valence-corrected chi connectivity index (χ4v) is 4.63. The molecule has 176 valence electrons. The van der Waals surface area contributed by atoms with Crippen LogP contribution in [0.4, 0.5) is 4.39 Å². The highest BCUT2D eigenvalue weighted by atomic mass is 19.1. The Labute approximate surface area is 203 Å². The van der Waals surface area contributed by atoms with Gasteiger partial charge in [0.1, 0.15) is 18.2 Å². The number of fused-ring (bicyclic) bond motifs is 3. The molecule has 0 atom stereocenters. The van der Waals surface area contributed by atoms with E-state index in [1.807, 2.05) is 22.7 Å². The molecule has 4 aromatic rings. The summed E-state index contributed by atoms with van der Waals surface area (Å²) in [7, 11) is 1.59. The predicted molar refractivity (Wildman–Crippen MR) is 131 cm³/mol. The minimum Gasteiger partial charge on any atom is -0.488 e. The molecule has 2 aromatic heterocycles. The van der Waals surface area contributed by atoms with Crippen LogP contribution in [0.5, 0.6) is 11.6 Å². The van der Waals surface area contributed by atoms with Gasteiger partial charge in [-0.1, -0.05) is 32.0 Å². The van der Waals surface area contributed by atoms with Crippen molar-refractivity contribution in [1.82, 2.24) is 14.4 Å². The minimum atomic E-state index is -0.372. The SMILES string of the molecule is COc1ccn2c(Cc3ccc4c(c3)COc3cc(F)ccc3C4=C(C)C#N)c(C(C)C)nc2n1. The molecule has 1 aliphatic heterocycles. The Morgan fingerprint density at radius 3 is 2.71 bits per heavy atom. The maximum absolute atomic E-state index is 13.9. The summed E-state index contributed by atoms with van der Waals surface area (Å²) in [4.78, 5) is 9.26. The van der Waals surface area contributed by atoms with Gasteiger partial charge in [0.25, 0.3) is 0 Å². The van der Waals surface area contributed by atoms with E-state index in [1.54, 1.807) is 20.1 Å². The Bertz CT molecular complexity index is 1530. The number of allylic oxidation sites excluding steroid dienone is 1. The number of ether oxygens (including phenoxy) is 2. The van der Waals surface area contributed by atoms with E-state index in [4.69, 9.17) is 14.5 Å². The number of halogens is 1. The Morgan fingerprint density at radius 1 is 1.17 bits per heavy atom. The zero-order chi connectivity index (χ0) is 24.7. The molecule has 1 aliphatic rings. The van der Waals surface area contributed by atoms with E-state index < -0.39 is 0 Å². The van der Waals surface area contributed by atoms with Crippen molar-refractivity contribution in [2.75, 3.05) is 7.11 Å². The van der Waals surface area contributed by atoms with Crippen LogP contribution in [0.15, 0.2) is 54.2 Å². The molecule has 0 N–H and O–H groups in total. The fraction of sp³-hybridized carbons (Fsp3) is 0.250. The third kappa shape index (κ3) is 4.01. The lowest BCUT2D eigenvalue weighted by Gasteiger charge is -2.13. The van der Waals surface area contributed by atoms with Crippen molar-refractivity contribution in [2.24, 2.45) is 0 Å². The molecular formula is C28H25FN4O2. The van der Waals surface area contributed by atoms with Crippen LogP contribution in [0, 0.1) is 17.1 Å². The molecule has 6 nitrogen and oxygen atoms in total. The monoisotopic (exact) mass is 468 g/mol. The molecule has 5 rings (SSSR count). The summed E-state index contributed by atoms with van der Waals surface area (Å²) in [6.07, 6.45) is 2.58. The molecule has 0 spiro atoms. The number of nitrogens with zero attached hydrogens (tertiary/aromatic N) is 4. The van der Waals surface area contributed by atoms with Gasteiger partial charge in [0, 0.05) is 41.5 Å². The van der Waals surface area contributed by atoms with Crippen LogP contribution in [0.2, 0.25) is 0 Å². The van der Waals surface area contributed by atoms with Crippen molar-refractivity contribution < 1.29 is 13.9 Å². The van der Waals surface area contributed by atoms with Gasteiger partial charge in [0.15, 0.2) is 0 Å². The first kappa shape index (κ1) is 22.6.